The summed E-state index contributed by atoms with van der Waals surface area (Å²) >= 11 is 1.41. The Labute approximate surface area is 236 Å². The molecule has 206 valence electrons. The number of piperidine rings is 1. The Morgan fingerprint density at radius 2 is 1.68 bits per heavy atom. The fraction of sp³-hybridized carbons (Fsp3) is 0.300. The molecular formula is C30H31N5O4S. The van der Waals surface area contributed by atoms with Crippen LogP contribution in [0.3, 0.4) is 0 Å². The van der Waals surface area contributed by atoms with Gasteiger partial charge in [-0.2, -0.15) is 0 Å². The fourth-order valence-electron chi connectivity index (χ4n) is 5.34. The highest BCUT2D eigenvalue weighted by atomic mass is 32.1. The molecule has 3 amide bonds. The molecule has 1 saturated carbocycles. The average Bonchev–Trinajstić information content (AvgIpc) is 3.28. The minimum absolute atomic E-state index is 0.0275. The molecule has 5 rings (SSSR count). The quantitative estimate of drug-likeness (QED) is 0.181. The van der Waals surface area contributed by atoms with Gasteiger partial charge < -0.3 is 21.3 Å². The summed E-state index contributed by atoms with van der Waals surface area (Å²) in [5.41, 5.74) is 7.43. The van der Waals surface area contributed by atoms with E-state index in [1.165, 1.54) is 11.3 Å². The van der Waals surface area contributed by atoms with Gasteiger partial charge in [0.15, 0.2) is 5.78 Å². The molecule has 3 aromatic rings. The van der Waals surface area contributed by atoms with Crippen LogP contribution in [0, 0.1) is 10.8 Å². The van der Waals surface area contributed by atoms with Crippen LogP contribution in [0.5, 0.6) is 0 Å². The number of nitrogens with zero attached hydrogens (tertiary/aromatic N) is 1. The van der Waals surface area contributed by atoms with E-state index in [2.05, 4.69) is 17.6 Å². The van der Waals surface area contributed by atoms with Crippen LogP contribution in [-0.2, 0) is 9.59 Å². The fourth-order valence-corrected chi connectivity index (χ4v) is 6.26. The third-order valence-corrected chi connectivity index (χ3v) is 8.90. The average molecular weight is 558 g/mol. The van der Waals surface area contributed by atoms with Gasteiger partial charge in [0.05, 0.1) is 12.6 Å². The minimum atomic E-state index is -0.619. The molecule has 0 spiro atoms. The first-order chi connectivity index (χ1) is 19.1. The van der Waals surface area contributed by atoms with Crippen LogP contribution in [0.15, 0.2) is 66.0 Å². The zero-order valence-corrected chi connectivity index (χ0v) is 23.1. The number of rotatable bonds is 9. The standard InChI is InChI=1S/C30H31N5O4S/c1-17(23-12-21(16-40-23)27(31)32)34-29(39)22-13-30(2)14-24(30)35(22)25(36)15-33-28(38)20-10-8-19(9-11-20)26(37)18-6-4-3-5-7-18/h3-12,16-17,22,24H,13-15H2,1-2H3,(H3,31,32)(H,33,38)(H,34,39)/t17?,22?,24-,30+/m0/s1. The lowest BCUT2D eigenvalue weighted by Crippen LogP contribution is -2.51. The first kappa shape index (κ1) is 27.3. The second kappa shape index (κ2) is 10.7. The molecule has 2 aromatic carbocycles. The van der Waals surface area contributed by atoms with Crippen molar-refractivity contribution >= 4 is 40.7 Å². The normalized spacial score (nSPS) is 21.7. The SMILES string of the molecule is CC(NC(=O)C1C[C@]2(C)C[C@@H]2N1C(=O)CNC(=O)c1ccc(C(=O)c2ccccc2)cc1)c1cc(C(=N)N)cs1. The van der Waals surface area contributed by atoms with Gasteiger partial charge >= 0.3 is 0 Å². The Hall–Kier alpha value is -4.31. The molecule has 2 unspecified atom stereocenters. The summed E-state index contributed by atoms with van der Waals surface area (Å²) in [4.78, 5) is 54.4. The van der Waals surface area contributed by atoms with Crippen molar-refractivity contribution in [3.05, 3.63) is 93.2 Å². The van der Waals surface area contributed by atoms with Gasteiger partial charge in [-0.1, -0.05) is 49.4 Å². The second-order valence-corrected chi connectivity index (χ2v) is 11.7. The van der Waals surface area contributed by atoms with E-state index >= 15 is 0 Å². The molecule has 4 atom stereocenters. The number of carbonyl (C=O) groups is 4. The van der Waals surface area contributed by atoms with Gasteiger partial charge in [-0.15, -0.1) is 11.3 Å². The topological polar surface area (TPSA) is 145 Å². The predicted molar refractivity (Wildman–Crippen MR) is 152 cm³/mol. The van der Waals surface area contributed by atoms with Crippen molar-refractivity contribution in [2.24, 2.45) is 11.1 Å². The highest BCUT2D eigenvalue weighted by Gasteiger charge is 2.64. The molecule has 0 radical (unpaired) electrons. The third-order valence-electron chi connectivity index (χ3n) is 7.79. The van der Waals surface area contributed by atoms with Crippen LogP contribution in [-0.4, -0.2) is 52.9 Å². The molecule has 1 aliphatic carbocycles. The zero-order valence-electron chi connectivity index (χ0n) is 22.3. The van der Waals surface area contributed by atoms with E-state index in [1.54, 1.807) is 64.9 Å². The third kappa shape index (κ3) is 5.40. The largest absolute Gasteiger partial charge is 0.384 e. The maximum Gasteiger partial charge on any atom is 0.251 e. The van der Waals surface area contributed by atoms with Gasteiger partial charge in [-0.25, -0.2) is 0 Å². The number of ketones is 1. The number of carbonyl (C=O) groups excluding carboxylic acids is 4. The van der Waals surface area contributed by atoms with Crippen molar-refractivity contribution in [3.63, 3.8) is 0 Å². The van der Waals surface area contributed by atoms with Crippen molar-refractivity contribution in [2.75, 3.05) is 6.54 Å². The molecule has 5 N–H and O–H groups in total. The minimum Gasteiger partial charge on any atom is -0.384 e. The number of benzene rings is 2. The first-order valence-electron chi connectivity index (χ1n) is 13.1. The molecule has 40 heavy (non-hydrogen) atoms. The van der Waals surface area contributed by atoms with Crippen molar-refractivity contribution in [1.29, 1.82) is 5.41 Å². The van der Waals surface area contributed by atoms with Crippen LogP contribution < -0.4 is 16.4 Å². The first-order valence-corrected chi connectivity index (χ1v) is 14.0. The number of likely N-dealkylation sites (tertiary alicyclic amines) is 1. The molecule has 2 fully saturated rings. The molecular weight excluding hydrogens is 526 g/mol. The number of hydrogen-bond donors (Lipinski definition) is 4. The number of fused-ring (bicyclic) bond motifs is 1. The van der Waals surface area contributed by atoms with E-state index < -0.39 is 11.9 Å². The van der Waals surface area contributed by atoms with Crippen LogP contribution in [0.4, 0.5) is 0 Å². The van der Waals surface area contributed by atoms with Crippen LogP contribution >= 0.6 is 11.3 Å². The number of thiophene rings is 1. The van der Waals surface area contributed by atoms with Gasteiger partial charge in [0.1, 0.15) is 11.9 Å². The van der Waals surface area contributed by atoms with Gasteiger partial charge in [-0.05, 0) is 43.4 Å². The molecule has 0 bridgehead atoms. The van der Waals surface area contributed by atoms with Crippen molar-refractivity contribution < 1.29 is 19.2 Å². The Morgan fingerprint density at radius 3 is 2.33 bits per heavy atom. The highest BCUT2D eigenvalue weighted by molar-refractivity contribution is 7.10. The van der Waals surface area contributed by atoms with Crippen LogP contribution in [0.2, 0.25) is 0 Å². The number of hydrogen-bond acceptors (Lipinski definition) is 6. The van der Waals surface area contributed by atoms with Gasteiger partial charge in [0, 0.05) is 38.6 Å². The highest BCUT2D eigenvalue weighted by Crippen LogP contribution is 2.59. The Balaban J connectivity index is 1.19. The van der Waals surface area contributed by atoms with Crippen molar-refractivity contribution in [1.82, 2.24) is 15.5 Å². The zero-order chi connectivity index (χ0) is 28.6. The monoisotopic (exact) mass is 557 g/mol. The molecule has 1 saturated heterocycles. The lowest BCUT2D eigenvalue weighted by atomic mass is 10.0. The summed E-state index contributed by atoms with van der Waals surface area (Å²) in [5, 5.41) is 15.0. The van der Waals surface area contributed by atoms with E-state index in [9.17, 15) is 19.2 Å². The second-order valence-electron chi connectivity index (χ2n) is 10.7. The molecule has 2 heterocycles. The Morgan fingerprint density at radius 1 is 1.02 bits per heavy atom. The van der Waals surface area contributed by atoms with Gasteiger partial charge in [0.25, 0.3) is 5.91 Å². The van der Waals surface area contributed by atoms with E-state index in [0.717, 1.165) is 11.3 Å². The molecule has 10 heteroatoms. The van der Waals surface area contributed by atoms with Gasteiger partial charge in [-0.3, -0.25) is 24.6 Å². The number of amides is 3. The molecule has 1 aliphatic heterocycles. The summed E-state index contributed by atoms with van der Waals surface area (Å²) in [7, 11) is 0. The number of nitrogens with two attached hydrogens (primary N) is 1. The summed E-state index contributed by atoms with van der Waals surface area (Å²) in [6, 6.07) is 16.0. The lowest BCUT2D eigenvalue weighted by Gasteiger charge is -2.28. The van der Waals surface area contributed by atoms with Crippen LogP contribution in [0.25, 0.3) is 0 Å². The van der Waals surface area contributed by atoms with E-state index in [0.29, 0.717) is 28.7 Å². The number of nitrogens with one attached hydrogen (secondary N) is 3. The van der Waals surface area contributed by atoms with E-state index in [-0.39, 0.29) is 47.5 Å². The maximum absolute atomic E-state index is 13.3. The Bertz CT molecular complexity index is 1490. The summed E-state index contributed by atoms with van der Waals surface area (Å²) < 4.78 is 0. The summed E-state index contributed by atoms with van der Waals surface area (Å²) in [6.45, 7) is 3.70. The predicted octanol–water partition coefficient (Wildman–Crippen LogP) is 3.25. The van der Waals surface area contributed by atoms with Crippen LogP contribution in [0.1, 0.15) is 69.5 Å². The lowest BCUT2D eigenvalue weighted by molar-refractivity contribution is -0.139. The number of amidine groups is 1. The smallest absolute Gasteiger partial charge is 0.251 e. The molecule has 2 aliphatic rings. The van der Waals surface area contributed by atoms with Gasteiger partial charge in [0.2, 0.25) is 11.8 Å². The summed E-state index contributed by atoms with van der Waals surface area (Å²) in [6.07, 6.45) is 1.39. The maximum atomic E-state index is 13.3. The Kier molecular flexibility index (Phi) is 7.29. The van der Waals surface area contributed by atoms with E-state index in [4.69, 9.17) is 11.1 Å². The molecule has 9 nitrogen and oxygen atoms in total. The van der Waals surface area contributed by atoms with Crippen molar-refractivity contribution in [3.8, 4) is 0 Å². The van der Waals surface area contributed by atoms with Crippen molar-refractivity contribution in [2.45, 2.75) is 44.8 Å². The summed E-state index contributed by atoms with van der Waals surface area (Å²) in [5.74, 6) is -1.14. The number of nitrogen functional groups attached to an aromatic ring is 1. The van der Waals surface area contributed by atoms with E-state index in [1.807, 2.05) is 13.0 Å². The molecule has 1 aromatic heterocycles.